The molecule has 0 radical (unpaired) electrons. The topological polar surface area (TPSA) is 49.4 Å². The minimum absolute atomic E-state index is 0.356. The van der Waals surface area contributed by atoms with Crippen molar-refractivity contribution in [2.24, 2.45) is 0 Å². The maximum absolute atomic E-state index is 12.2. The molecule has 0 aromatic heterocycles. The lowest BCUT2D eigenvalue weighted by Crippen LogP contribution is -2.34. The summed E-state index contributed by atoms with van der Waals surface area (Å²) in [7, 11) is 0. The van der Waals surface area contributed by atoms with Crippen LogP contribution in [0, 0.1) is 13.8 Å². The number of rotatable bonds is 5. The van der Waals surface area contributed by atoms with Gasteiger partial charge in [0.1, 0.15) is 0 Å². The molecule has 0 aliphatic carbocycles. The van der Waals surface area contributed by atoms with Crippen molar-refractivity contribution in [1.29, 1.82) is 0 Å². The number of hydrogen-bond donors (Lipinski definition) is 1. The number of Topliss-reactive ketones (excluding diaryl/α,β-unsaturated/α-hetero) is 1. The molecule has 0 fully saturated rings. The molecule has 1 aromatic carbocycles. The Bertz CT molecular complexity index is 617. The minimum atomic E-state index is -0.454. The molecule has 1 amide bonds. The number of aryl methyl sites for hydroxylation is 2. The van der Waals surface area contributed by atoms with Crippen molar-refractivity contribution in [3.05, 3.63) is 41.0 Å². The molecule has 2 rings (SSSR count). The lowest BCUT2D eigenvalue weighted by atomic mass is 10.0. The fourth-order valence-electron chi connectivity index (χ4n) is 2.58. The maximum atomic E-state index is 12.2. The maximum Gasteiger partial charge on any atom is 0.299 e. The zero-order chi connectivity index (χ0) is 15.7. The van der Waals surface area contributed by atoms with Crippen molar-refractivity contribution in [2.45, 2.75) is 33.7 Å². The van der Waals surface area contributed by atoms with Crippen LogP contribution in [0.25, 0.3) is 0 Å². The summed E-state index contributed by atoms with van der Waals surface area (Å²) in [5, 5.41) is 3.27. The average Bonchev–Trinajstić information content (AvgIpc) is 2.61. The number of hydrogen-bond acceptors (Lipinski definition) is 3. The van der Waals surface area contributed by atoms with Crippen LogP contribution in [-0.2, 0) is 4.79 Å². The second-order valence-corrected chi connectivity index (χ2v) is 5.98. The van der Waals surface area contributed by atoms with E-state index >= 15 is 0 Å². The SMILES string of the molecule is C=C(CNC(C)C)CN1C(=O)C(=O)c2c(C)cc(C)cc21. The highest BCUT2D eigenvalue weighted by atomic mass is 16.2. The molecular weight excluding hydrogens is 264 g/mol. The van der Waals surface area contributed by atoms with Crippen LogP contribution in [0.5, 0.6) is 0 Å². The first-order valence-electron chi connectivity index (χ1n) is 7.18. The van der Waals surface area contributed by atoms with Crippen molar-refractivity contribution in [3.8, 4) is 0 Å². The van der Waals surface area contributed by atoms with Gasteiger partial charge in [0, 0.05) is 19.1 Å². The summed E-state index contributed by atoms with van der Waals surface area (Å²) in [5.41, 5.74) is 4.04. The normalized spacial score (nSPS) is 14.0. The Morgan fingerprint density at radius 2 is 1.95 bits per heavy atom. The van der Waals surface area contributed by atoms with Crippen molar-refractivity contribution >= 4 is 17.4 Å². The smallest absolute Gasteiger partial charge is 0.299 e. The van der Waals surface area contributed by atoms with E-state index in [4.69, 9.17) is 0 Å². The molecule has 4 nitrogen and oxygen atoms in total. The number of nitrogens with zero attached hydrogens (tertiary/aromatic N) is 1. The number of fused-ring (bicyclic) bond motifs is 1. The second kappa shape index (κ2) is 5.82. The van der Waals surface area contributed by atoms with E-state index in [2.05, 4.69) is 25.7 Å². The Labute approximate surface area is 125 Å². The number of nitrogens with one attached hydrogen (secondary N) is 1. The van der Waals surface area contributed by atoms with Gasteiger partial charge in [0.2, 0.25) is 0 Å². The second-order valence-electron chi connectivity index (χ2n) is 5.98. The zero-order valence-electron chi connectivity index (χ0n) is 13.1. The zero-order valence-corrected chi connectivity index (χ0v) is 13.1. The highest BCUT2D eigenvalue weighted by molar-refractivity contribution is 6.52. The van der Waals surface area contributed by atoms with Crippen LogP contribution in [-0.4, -0.2) is 30.8 Å². The number of amides is 1. The van der Waals surface area contributed by atoms with Crippen LogP contribution >= 0.6 is 0 Å². The van der Waals surface area contributed by atoms with E-state index < -0.39 is 11.7 Å². The van der Waals surface area contributed by atoms with Crippen LogP contribution < -0.4 is 10.2 Å². The molecule has 1 heterocycles. The van der Waals surface area contributed by atoms with Crippen molar-refractivity contribution < 1.29 is 9.59 Å². The fraction of sp³-hybridized carbons (Fsp3) is 0.412. The van der Waals surface area contributed by atoms with E-state index in [9.17, 15) is 9.59 Å². The molecule has 1 aliphatic rings. The summed E-state index contributed by atoms with van der Waals surface area (Å²) in [5.74, 6) is -0.864. The van der Waals surface area contributed by atoms with Gasteiger partial charge in [-0.1, -0.05) is 26.5 Å². The first kappa shape index (κ1) is 15.4. The lowest BCUT2D eigenvalue weighted by molar-refractivity contribution is -0.114. The molecule has 1 N–H and O–H groups in total. The quantitative estimate of drug-likeness (QED) is 0.668. The van der Waals surface area contributed by atoms with Crippen LogP contribution in [0.1, 0.15) is 35.3 Å². The monoisotopic (exact) mass is 286 g/mol. The third-order valence-electron chi connectivity index (χ3n) is 3.56. The molecule has 0 saturated carbocycles. The minimum Gasteiger partial charge on any atom is -0.311 e. The van der Waals surface area contributed by atoms with E-state index in [1.54, 1.807) is 4.90 Å². The van der Waals surface area contributed by atoms with Gasteiger partial charge in [0.25, 0.3) is 11.7 Å². The summed E-state index contributed by atoms with van der Waals surface area (Å²) >= 11 is 0. The van der Waals surface area contributed by atoms with E-state index in [1.807, 2.05) is 26.0 Å². The predicted molar refractivity (Wildman–Crippen MR) is 84.9 cm³/mol. The summed E-state index contributed by atoms with van der Waals surface area (Å²) < 4.78 is 0. The number of carbonyl (C=O) groups excluding carboxylic acids is 2. The average molecular weight is 286 g/mol. The Hall–Kier alpha value is -1.94. The standard InChI is InChI=1S/C17H22N2O2/c1-10(2)18-8-12(4)9-19-14-7-11(3)6-13(5)15(14)16(20)17(19)21/h6-7,10,18H,4,8-9H2,1-3,5H3. The Balaban J connectivity index is 2.25. The van der Waals surface area contributed by atoms with E-state index in [0.29, 0.717) is 30.4 Å². The van der Waals surface area contributed by atoms with Crippen LogP contribution in [0.4, 0.5) is 5.69 Å². The van der Waals surface area contributed by atoms with Gasteiger partial charge >= 0.3 is 0 Å². The predicted octanol–water partition coefficient (Wildman–Crippen LogP) is 2.39. The molecule has 0 atom stereocenters. The number of ketones is 1. The summed E-state index contributed by atoms with van der Waals surface area (Å²) in [6.45, 7) is 13.0. The summed E-state index contributed by atoms with van der Waals surface area (Å²) in [4.78, 5) is 25.9. The lowest BCUT2D eigenvalue weighted by Gasteiger charge is -2.19. The third kappa shape index (κ3) is 3.05. The Morgan fingerprint density at radius 1 is 1.29 bits per heavy atom. The fourth-order valence-corrected chi connectivity index (χ4v) is 2.58. The van der Waals surface area contributed by atoms with Gasteiger partial charge in [-0.15, -0.1) is 0 Å². The molecule has 0 bridgehead atoms. The number of anilines is 1. The van der Waals surface area contributed by atoms with Crippen LogP contribution in [0.15, 0.2) is 24.3 Å². The number of benzene rings is 1. The van der Waals surface area contributed by atoms with Crippen molar-refractivity contribution in [2.75, 3.05) is 18.0 Å². The van der Waals surface area contributed by atoms with Gasteiger partial charge in [-0.2, -0.15) is 0 Å². The molecule has 21 heavy (non-hydrogen) atoms. The van der Waals surface area contributed by atoms with E-state index in [1.165, 1.54) is 0 Å². The number of carbonyl (C=O) groups is 2. The van der Waals surface area contributed by atoms with Crippen LogP contribution in [0.3, 0.4) is 0 Å². The molecule has 1 aromatic rings. The van der Waals surface area contributed by atoms with Gasteiger partial charge in [-0.25, -0.2) is 0 Å². The largest absolute Gasteiger partial charge is 0.311 e. The molecule has 0 saturated heterocycles. The van der Waals surface area contributed by atoms with Gasteiger partial charge in [0.05, 0.1) is 11.3 Å². The third-order valence-corrected chi connectivity index (χ3v) is 3.56. The Kier molecular flexibility index (Phi) is 4.28. The summed E-state index contributed by atoms with van der Waals surface area (Å²) in [6.07, 6.45) is 0. The first-order chi connectivity index (χ1) is 9.81. The molecule has 112 valence electrons. The van der Waals surface area contributed by atoms with Crippen LogP contribution in [0.2, 0.25) is 0 Å². The van der Waals surface area contributed by atoms with Gasteiger partial charge in [0.15, 0.2) is 0 Å². The van der Waals surface area contributed by atoms with Crippen molar-refractivity contribution in [3.63, 3.8) is 0 Å². The van der Waals surface area contributed by atoms with Crippen molar-refractivity contribution in [1.82, 2.24) is 5.32 Å². The molecule has 0 unspecified atom stereocenters. The van der Waals surface area contributed by atoms with Gasteiger partial charge < -0.3 is 10.2 Å². The molecule has 0 spiro atoms. The van der Waals surface area contributed by atoms with E-state index in [-0.39, 0.29) is 0 Å². The van der Waals surface area contributed by atoms with Gasteiger partial charge in [-0.05, 0) is 36.6 Å². The summed E-state index contributed by atoms with van der Waals surface area (Å²) in [6, 6.07) is 4.19. The molecular formula is C17H22N2O2. The van der Waals surface area contributed by atoms with Gasteiger partial charge in [-0.3, -0.25) is 9.59 Å². The highest BCUT2D eigenvalue weighted by Gasteiger charge is 2.37. The Morgan fingerprint density at radius 3 is 2.57 bits per heavy atom. The molecule has 4 heteroatoms. The van der Waals surface area contributed by atoms with E-state index in [0.717, 1.165) is 16.7 Å². The first-order valence-corrected chi connectivity index (χ1v) is 7.18. The molecule has 1 aliphatic heterocycles. The highest BCUT2D eigenvalue weighted by Crippen LogP contribution is 2.33.